The van der Waals surface area contributed by atoms with Crippen molar-refractivity contribution < 1.29 is 9.18 Å². The predicted octanol–water partition coefficient (Wildman–Crippen LogP) is 5.16. The van der Waals surface area contributed by atoms with Gasteiger partial charge in [-0.15, -0.1) is 0 Å². The van der Waals surface area contributed by atoms with Crippen molar-refractivity contribution in [2.45, 2.75) is 20.4 Å². The van der Waals surface area contributed by atoms with Gasteiger partial charge in [0.05, 0.1) is 28.2 Å². The maximum atomic E-state index is 13.7. The average molecular weight is 384 g/mol. The number of benzene rings is 2. The van der Waals surface area contributed by atoms with Gasteiger partial charge in [-0.05, 0) is 43.2 Å². The zero-order chi connectivity index (χ0) is 19.4. The lowest BCUT2D eigenvalue weighted by atomic mass is 10.1. The van der Waals surface area contributed by atoms with E-state index in [2.05, 4.69) is 15.6 Å². The molecule has 0 fully saturated rings. The number of rotatable bonds is 5. The van der Waals surface area contributed by atoms with Gasteiger partial charge in [0.1, 0.15) is 5.82 Å². The lowest BCUT2D eigenvalue weighted by molar-refractivity contribution is 0.0950. The van der Waals surface area contributed by atoms with Crippen LogP contribution in [-0.4, -0.2) is 10.9 Å². The van der Waals surface area contributed by atoms with Crippen molar-refractivity contribution in [2.24, 2.45) is 0 Å². The molecule has 0 aliphatic rings. The molecule has 0 saturated carbocycles. The SMILES string of the molecule is Cc1cc(C)c(Nc2cncc(C(=O)NCc3ccccc3F)c2)c(Cl)c1. The van der Waals surface area contributed by atoms with Crippen LogP contribution < -0.4 is 10.6 Å². The van der Waals surface area contributed by atoms with Crippen LogP contribution in [0.5, 0.6) is 0 Å². The van der Waals surface area contributed by atoms with E-state index >= 15 is 0 Å². The normalized spacial score (nSPS) is 10.5. The molecule has 0 bridgehead atoms. The molecule has 6 heteroatoms. The summed E-state index contributed by atoms with van der Waals surface area (Å²) in [7, 11) is 0. The standard InChI is InChI=1S/C21H19ClFN3O/c1-13-7-14(2)20(18(22)8-13)26-17-9-16(10-24-12-17)21(27)25-11-15-5-3-4-6-19(15)23/h3-10,12,26H,11H2,1-2H3,(H,25,27). The first-order chi connectivity index (χ1) is 12.9. The van der Waals surface area contributed by atoms with Gasteiger partial charge < -0.3 is 10.6 Å². The summed E-state index contributed by atoms with van der Waals surface area (Å²) in [6, 6.07) is 11.9. The van der Waals surface area contributed by atoms with Gasteiger partial charge in [-0.25, -0.2) is 4.39 Å². The van der Waals surface area contributed by atoms with E-state index in [4.69, 9.17) is 11.6 Å². The van der Waals surface area contributed by atoms with E-state index in [1.807, 2.05) is 26.0 Å². The van der Waals surface area contributed by atoms with Crippen molar-refractivity contribution in [3.63, 3.8) is 0 Å². The highest BCUT2D eigenvalue weighted by atomic mass is 35.5. The van der Waals surface area contributed by atoms with Crippen LogP contribution in [-0.2, 0) is 6.54 Å². The van der Waals surface area contributed by atoms with Crippen molar-refractivity contribution >= 4 is 28.9 Å². The smallest absolute Gasteiger partial charge is 0.253 e. The number of anilines is 2. The fourth-order valence-electron chi connectivity index (χ4n) is 2.77. The molecule has 2 N–H and O–H groups in total. The number of hydrogen-bond acceptors (Lipinski definition) is 3. The lowest BCUT2D eigenvalue weighted by Gasteiger charge is -2.13. The zero-order valence-corrected chi connectivity index (χ0v) is 15.8. The fourth-order valence-corrected chi connectivity index (χ4v) is 3.14. The van der Waals surface area contributed by atoms with E-state index in [-0.39, 0.29) is 18.3 Å². The quantitative estimate of drug-likeness (QED) is 0.639. The molecule has 3 aromatic rings. The van der Waals surface area contributed by atoms with Gasteiger partial charge in [0.15, 0.2) is 0 Å². The molecule has 0 atom stereocenters. The Balaban J connectivity index is 1.74. The fraction of sp³-hybridized carbons (Fsp3) is 0.143. The molecule has 2 aromatic carbocycles. The molecule has 0 aliphatic carbocycles. The molecule has 0 radical (unpaired) electrons. The van der Waals surface area contributed by atoms with E-state index in [9.17, 15) is 9.18 Å². The molecule has 138 valence electrons. The number of pyridine rings is 1. The Morgan fingerprint density at radius 2 is 1.93 bits per heavy atom. The molecule has 0 spiro atoms. The number of halogens is 2. The van der Waals surface area contributed by atoms with Crippen LogP contribution in [0.25, 0.3) is 0 Å². The van der Waals surface area contributed by atoms with E-state index in [0.29, 0.717) is 21.8 Å². The number of hydrogen-bond donors (Lipinski definition) is 2. The van der Waals surface area contributed by atoms with Crippen LogP contribution in [0.1, 0.15) is 27.0 Å². The van der Waals surface area contributed by atoms with Gasteiger partial charge in [-0.3, -0.25) is 9.78 Å². The molecule has 0 aliphatic heterocycles. The minimum absolute atomic E-state index is 0.103. The first kappa shape index (κ1) is 18.9. The van der Waals surface area contributed by atoms with Gasteiger partial charge >= 0.3 is 0 Å². The number of nitrogens with one attached hydrogen (secondary N) is 2. The number of carbonyl (C=O) groups excluding carboxylic acids is 1. The van der Waals surface area contributed by atoms with E-state index in [1.54, 1.807) is 30.5 Å². The van der Waals surface area contributed by atoms with Crippen LogP contribution in [0.3, 0.4) is 0 Å². The summed E-state index contributed by atoms with van der Waals surface area (Å²) >= 11 is 6.32. The number of aromatic nitrogens is 1. The molecule has 0 unspecified atom stereocenters. The van der Waals surface area contributed by atoms with Gasteiger partial charge in [0.25, 0.3) is 5.91 Å². The summed E-state index contributed by atoms with van der Waals surface area (Å²) < 4.78 is 13.7. The van der Waals surface area contributed by atoms with E-state index in [1.165, 1.54) is 12.3 Å². The van der Waals surface area contributed by atoms with Gasteiger partial charge in [0.2, 0.25) is 0 Å². The Bertz CT molecular complexity index is 968. The zero-order valence-electron chi connectivity index (χ0n) is 15.0. The van der Waals surface area contributed by atoms with Crippen molar-refractivity contribution in [2.75, 3.05) is 5.32 Å². The molecule has 1 heterocycles. The Labute approximate surface area is 162 Å². The minimum atomic E-state index is -0.351. The summed E-state index contributed by atoms with van der Waals surface area (Å²) in [4.78, 5) is 16.5. The number of amides is 1. The summed E-state index contributed by atoms with van der Waals surface area (Å²) in [5.74, 6) is -0.683. The monoisotopic (exact) mass is 383 g/mol. The Morgan fingerprint density at radius 3 is 2.67 bits per heavy atom. The van der Waals surface area contributed by atoms with Gasteiger partial charge in [-0.2, -0.15) is 0 Å². The maximum Gasteiger partial charge on any atom is 0.253 e. The second kappa shape index (κ2) is 8.18. The molecular weight excluding hydrogens is 365 g/mol. The van der Waals surface area contributed by atoms with Crippen LogP contribution in [0, 0.1) is 19.7 Å². The summed E-state index contributed by atoms with van der Waals surface area (Å²) in [6.07, 6.45) is 3.08. The third-order valence-electron chi connectivity index (χ3n) is 4.10. The van der Waals surface area contributed by atoms with E-state index < -0.39 is 0 Å². The average Bonchev–Trinajstić information content (AvgIpc) is 2.64. The first-order valence-electron chi connectivity index (χ1n) is 8.44. The van der Waals surface area contributed by atoms with Crippen molar-refractivity contribution in [3.05, 3.63) is 88.0 Å². The molecule has 27 heavy (non-hydrogen) atoms. The largest absolute Gasteiger partial charge is 0.353 e. The number of nitrogens with zero attached hydrogens (tertiary/aromatic N) is 1. The van der Waals surface area contributed by atoms with E-state index in [0.717, 1.165) is 16.8 Å². The second-order valence-corrected chi connectivity index (χ2v) is 6.71. The lowest BCUT2D eigenvalue weighted by Crippen LogP contribution is -2.23. The van der Waals surface area contributed by atoms with Crippen molar-refractivity contribution in [1.29, 1.82) is 0 Å². The summed E-state index contributed by atoms with van der Waals surface area (Å²) in [5.41, 5.74) is 4.28. The van der Waals surface area contributed by atoms with Gasteiger partial charge in [-0.1, -0.05) is 35.9 Å². The predicted molar refractivity (Wildman–Crippen MR) is 106 cm³/mol. The second-order valence-electron chi connectivity index (χ2n) is 6.30. The van der Waals surface area contributed by atoms with Crippen molar-refractivity contribution in [3.8, 4) is 0 Å². The summed E-state index contributed by atoms with van der Waals surface area (Å²) in [5, 5.41) is 6.52. The van der Waals surface area contributed by atoms with Crippen molar-refractivity contribution in [1.82, 2.24) is 10.3 Å². The Morgan fingerprint density at radius 1 is 1.15 bits per heavy atom. The molecular formula is C21H19ClFN3O. The highest BCUT2D eigenvalue weighted by Crippen LogP contribution is 2.30. The topological polar surface area (TPSA) is 54.0 Å². The molecule has 4 nitrogen and oxygen atoms in total. The third-order valence-corrected chi connectivity index (χ3v) is 4.40. The van der Waals surface area contributed by atoms with Crippen LogP contribution in [0.4, 0.5) is 15.8 Å². The van der Waals surface area contributed by atoms with Crippen LogP contribution in [0.2, 0.25) is 5.02 Å². The summed E-state index contributed by atoms with van der Waals surface area (Å²) in [6.45, 7) is 4.04. The molecule has 1 amide bonds. The number of carbonyl (C=O) groups is 1. The Kier molecular flexibility index (Phi) is 5.72. The van der Waals surface area contributed by atoms with Gasteiger partial charge in [0, 0.05) is 18.3 Å². The van der Waals surface area contributed by atoms with Crippen LogP contribution in [0.15, 0.2) is 54.9 Å². The molecule has 1 aromatic heterocycles. The Hall–Kier alpha value is -2.92. The third kappa shape index (κ3) is 4.63. The van der Waals surface area contributed by atoms with Crippen LogP contribution >= 0.6 is 11.6 Å². The number of aryl methyl sites for hydroxylation is 2. The maximum absolute atomic E-state index is 13.7. The highest BCUT2D eigenvalue weighted by Gasteiger charge is 2.10. The minimum Gasteiger partial charge on any atom is -0.353 e. The molecule has 3 rings (SSSR count). The molecule has 0 saturated heterocycles. The highest BCUT2D eigenvalue weighted by molar-refractivity contribution is 6.33. The first-order valence-corrected chi connectivity index (χ1v) is 8.82.